The molecule has 1 aliphatic heterocycles. The average molecular weight is 310 g/mol. The van der Waals surface area contributed by atoms with E-state index in [4.69, 9.17) is 5.14 Å². The SMILES string of the molecule is CCC1CCN(C(=O)c2cc(C)ccc2S(N)(=O)=O)CC1. The Morgan fingerprint density at radius 3 is 2.48 bits per heavy atom. The van der Waals surface area contributed by atoms with Crippen molar-refractivity contribution in [2.75, 3.05) is 13.1 Å². The maximum atomic E-state index is 12.6. The highest BCUT2D eigenvalue weighted by Gasteiger charge is 2.26. The molecule has 21 heavy (non-hydrogen) atoms. The molecule has 116 valence electrons. The molecule has 6 heteroatoms. The van der Waals surface area contributed by atoms with Crippen LogP contribution in [-0.2, 0) is 10.0 Å². The zero-order valence-corrected chi connectivity index (χ0v) is 13.3. The normalized spacial score (nSPS) is 17.0. The predicted octanol–water partition coefficient (Wildman–Crippen LogP) is 1.90. The summed E-state index contributed by atoms with van der Waals surface area (Å²) in [6, 6.07) is 4.67. The Hall–Kier alpha value is -1.40. The van der Waals surface area contributed by atoms with Crippen LogP contribution in [0.25, 0.3) is 0 Å². The number of carbonyl (C=O) groups excluding carboxylic acids is 1. The van der Waals surface area contributed by atoms with Crippen LogP contribution in [0, 0.1) is 12.8 Å². The van der Waals surface area contributed by atoms with Gasteiger partial charge in [0.25, 0.3) is 5.91 Å². The molecular weight excluding hydrogens is 288 g/mol. The molecule has 2 N–H and O–H groups in total. The van der Waals surface area contributed by atoms with E-state index in [9.17, 15) is 13.2 Å². The molecule has 0 bridgehead atoms. The van der Waals surface area contributed by atoms with Crippen LogP contribution in [-0.4, -0.2) is 32.3 Å². The number of sulfonamides is 1. The number of hydrogen-bond acceptors (Lipinski definition) is 3. The maximum Gasteiger partial charge on any atom is 0.255 e. The predicted molar refractivity (Wildman–Crippen MR) is 81.5 cm³/mol. The van der Waals surface area contributed by atoms with Crippen molar-refractivity contribution in [1.29, 1.82) is 0 Å². The Kier molecular flexibility index (Phi) is 4.68. The Labute approximate surface area is 126 Å². The topological polar surface area (TPSA) is 80.5 Å². The molecule has 0 atom stereocenters. The van der Waals surface area contributed by atoms with E-state index in [1.54, 1.807) is 17.0 Å². The summed E-state index contributed by atoms with van der Waals surface area (Å²) in [5.41, 5.74) is 1.03. The lowest BCUT2D eigenvalue weighted by Gasteiger charge is -2.32. The standard InChI is InChI=1S/C15H22N2O3S/c1-3-12-6-8-17(9-7-12)15(18)13-10-11(2)4-5-14(13)21(16,19)20/h4-5,10,12H,3,6-9H2,1-2H3,(H2,16,19,20). The van der Waals surface area contributed by atoms with Gasteiger partial charge in [0.2, 0.25) is 10.0 Å². The third-order valence-electron chi connectivity index (χ3n) is 4.15. The van der Waals surface area contributed by atoms with Crippen molar-refractivity contribution in [3.05, 3.63) is 29.3 Å². The van der Waals surface area contributed by atoms with E-state index >= 15 is 0 Å². The lowest BCUT2D eigenvalue weighted by Crippen LogP contribution is -2.39. The second-order valence-corrected chi connectivity index (χ2v) is 7.22. The minimum Gasteiger partial charge on any atom is -0.339 e. The molecule has 1 saturated heterocycles. The van der Waals surface area contributed by atoms with E-state index in [0.29, 0.717) is 19.0 Å². The number of benzene rings is 1. The van der Waals surface area contributed by atoms with E-state index in [0.717, 1.165) is 24.8 Å². The number of hydrogen-bond donors (Lipinski definition) is 1. The third kappa shape index (κ3) is 3.63. The fraction of sp³-hybridized carbons (Fsp3) is 0.533. The van der Waals surface area contributed by atoms with Crippen LogP contribution >= 0.6 is 0 Å². The van der Waals surface area contributed by atoms with Gasteiger partial charge in [-0.25, -0.2) is 13.6 Å². The van der Waals surface area contributed by atoms with E-state index in [-0.39, 0.29) is 16.4 Å². The van der Waals surface area contributed by atoms with Crippen LogP contribution in [0.3, 0.4) is 0 Å². The van der Waals surface area contributed by atoms with Crippen molar-refractivity contribution in [3.8, 4) is 0 Å². The van der Waals surface area contributed by atoms with Crippen molar-refractivity contribution in [3.63, 3.8) is 0 Å². The quantitative estimate of drug-likeness (QED) is 0.926. The Balaban J connectivity index is 2.29. The molecule has 1 heterocycles. The monoisotopic (exact) mass is 310 g/mol. The highest BCUT2D eigenvalue weighted by atomic mass is 32.2. The molecule has 1 amide bonds. The molecular formula is C15H22N2O3S. The third-order valence-corrected chi connectivity index (χ3v) is 5.12. The summed E-state index contributed by atoms with van der Waals surface area (Å²) in [4.78, 5) is 14.3. The molecule has 0 aromatic heterocycles. The molecule has 0 aliphatic carbocycles. The van der Waals surface area contributed by atoms with E-state index in [1.807, 2.05) is 6.92 Å². The van der Waals surface area contributed by atoms with E-state index < -0.39 is 10.0 Å². The zero-order chi connectivity index (χ0) is 15.6. The molecule has 2 rings (SSSR count). The molecule has 1 aromatic carbocycles. The van der Waals surface area contributed by atoms with Crippen molar-refractivity contribution in [2.45, 2.75) is 38.0 Å². The minimum absolute atomic E-state index is 0.0873. The van der Waals surface area contributed by atoms with Crippen molar-refractivity contribution in [1.82, 2.24) is 4.90 Å². The molecule has 0 unspecified atom stereocenters. The van der Waals surface area contributed by atoms with Crippen molar-refractivity contribution < 1.29 is 13.2 Å². The summed E-state index contributed by atoms with van der Waals surface area (Å²) in [5, 5.41) is 5.22. The summed E-state index contributed by atoms with van der Waals surface area (Å²) in [6.45, 7) is 5.33. The summed E-state index contributed by atoms with van der Waals surface area (Å²) >= 11 is 0. The first-order valence-corrected chi connectivity index (χ1v) is 8.80. The van der Waals surface area contributed by atoms with Crippen LogP contribution in [0.2, 0.25) is 0 Å². The molecule has 1 aliphatic rings. The van der Waals surface area contributed by atoms with Crippen LogP contribution in [0.4, 0.5) is 0 Å². The van der Waals surface area contributed by atoms with Crippen molar-refractivity contribution in [2.24, 2.45) is 11.1 Å². The fourth-order valence-electron chi connectivity index (χ4n) is 2.77. The second kappa shape index (κ2) is 6.15. The lowest BCUT2D eigenvalue weighted by atomic mass is 9.94. The highest BCUT2D eigenvalue weighted by Crippen LogP contribution is 2.24. The van der Waals surface area contributed by atoms with Gasteiger partial charge in [-0.3, -0.25) is 4.79 Å². The maximum absolute atomic E-state index is 12.6. The highest BCUT2D eigenvalue weighted by molar-refractivity contribution is 7.89. The number of nitrogens with zero attached hydrogens (tertiary/aromatic N) is 1. The number of aryl methyl sites for hydroxylation is 1. The number of nitrogens with two attached hydrogens (primary N) is 1. The number of amides is 1. The Bertz CT molecular complexity index is 632. The first kappa shape index (κ1) is 16.0. The summed E-state index contributed by atoms with van der Waals surface area (Å²) < 4.78 is 23.3. The summed E-state index contributed by atoms with van der Waals surface area (Å²) in [5.74, 6) is 0.418. The van der Waals surface area contributed by atoms with Gasteiger partial charge in [0.15, 0.2) is 0 Å². The number of likely N-dealkylation sites (tertiary alicyclic amines) is 1. The first-order chi connectivity index (χ1) is 9.82. The second-order valence-electron chi connectivity index (χ2n) is 5.69. The number of piperidine rings is 1. The number of rotatable bonds is 3. The van der Waals surface area contributed by atoms with Crippen molar-refractivity contribution >= 4 is 15.9 Å². The van der Waals surface area contributed by atoms with Gasteiger partial charge < -0.3 is 4.90 Å². The first-order valence-electron chi connectivity index (χ1n) is 7.25. The molecule has 5 nitrogen and oxygen atoms in total. The van der Waals surface area contributed by atoms with Gasteiger partial charge in [-0.05, 0) is 37.8 Å². The minimum atomic E-state index is -3.90. The van der Waals surface area contributed by atoms with E-state index in [2.05, 4.69) is 6.92 Å². The fourth-order valence-corrected chi connectivity index (χ4v) is 3.48. The largest absolute Gasteiger partial charge is 0.339 e. The van der Waals surface area contributed by atoms with Crippen LogP contribution in [0.1, 0.15) is 42.1 Å². The lowest BCUT2D eigenvalue weighted by molar-refractivity contribution is 0.0685. The van der Waals surface area contributed by atoms with Gasteiger partial charge in [-0.2, -0.15) is 0 Å². The molecule has 1 fully saturated rings. The van der Waals surface area contributed by atoms with Crippen LogP contribution < -0.4 is 5.14 Å². The molecule has 0 saturated carbocycles. The van der Waals surface area contributed by atoms with E-state index in [1.165, 1.54) is 6.07 Å². The zero-order valence-electron chi connectivity index (χ0n) is 12.5. The molecule has 0 radical (unpaired) electrons. The smallest absolute Gasteiger partial charge is 0.255 e. The number of carbonyl (C=O) groups is 1. The van der Waals surface area contributed by atoms with Gasteiger partial charge in [0.05, 0.1) is 10.5 Å². The van der Waals surface area contributed by atoms with Gasteiger partial charge in [-0.1, -0.05) is 25.0 Å². The van der Waals surface area contributed by atoms with Gasteiger partial charge >= 0.3 is 0 Å². The summed E-state index contributed by atoms with van der Waals surface area (Å²) in [7, 11) is -3.90. The molecule has 1 aromatic rings. The Morgan fingerprint density at radius 1 is 1.33 bits per heavy atom. The number of primary sulfonamides is 1. The van der Waals surface area contributed by atoms with Gasteiger partial charge in [-0.15, -0.1) is 0 Å². The van der Waals surface area contributed by atoms with Gasteiger partial charge in [0.1, 0.15) is 0 Å². The molecule has 0 spiro atoms. The Morgan fingerprint density at radius 2 is 1.95 bits per heavy atom. The van der Waals surface area contributed by atoms with Gasteiger partial charge in [0, 0.05) is 13.1 Å². The van der Waals surface area contributed by atoms with Crippen LogP contribution in [0.15, 0.2) is 23.1 Å². The van der Waals surface area contributed by atoms with Crippen LogP contribution in [0.5, 0.6) is 0 Å². The average Bonchev–Trinajstić information content (AvgIpc) is 2.45. The summed E-state index contributed by atoms with van der Waals surface area (Å²) in [6.07, 6.45) is 3.06.